The Labute approximate surface area is 98.9 Å². The quantitative estimate of drug-likeness (QED) is 0.272. The van der Waals surface area contributed by atoms with Gasteiger partial charge in [0.05, 0.1) is 18.0 Å². The molecule has 0 aromatic carbocycles. The van der Waals surface area contributed by atoms with Gasteiger partial charge in [0.1, 0.15) is 0 Å². The summed E-state index contributed by atoms with van der Waals surface area (Å²) in [6.07, 6.45) is 0.355. The van der Waals surface area contributed by atoms with Crippen molar-refractivity contribution in [2.45, 2.75) is 6.42 Å². The van der Waals surface area contributed by atoms with Crippen molar-refractivity contribution in [2.24, 2.45) is 0 Å². The molecule has 0 aromatic rings. The van der Waals surface area contributed by atoms with Crippen molar-refractivity contribution >= 4 is 11.4 Å². The second-order valence-electron chi connectivity index (χ2n) is 1.10. The summed E-state index contributed by atoms with van der Waals surface area (Å²) in [6, 6.07) is 0. The third-order valence-electron chi connectivity index (χ3n) is 0.482. The zero-order valence-electron chi connectivity index (χ0n) is 5.20. The van der Waals surface area contributed by atoms with Crippen LogP contribution < -0.4 is 51.4 Å². The van der Waals surface area contributed by atoms with Crippen molar-refractivity contribution in [3.63, 3.8) is 0 Å². The van der Waals surface area contributed by atoms with Gasteiger partial charge in [0, 0.05) is 6.61 Å². The van der Waals surface area contributed by atoms with Crippen LogP contribution in [0.1, 0.15) is 6.42 Å². The van der Waals surface area contributed by atoms with E-state index in [1.165, 1.54) is 0 Å². The van der Waals surface area contributed by atoms with Crippen LogP contribution in [-0.2, 0) is 15.5 Å². The molecule has 1 unspecified atom stereocenters. The average molecular weight is 178 g/mol. The molecule has 4 nitrogen and oxygen atoms in total. The predicted octanol–water partition coefficient (Wildman–Crippen LogP) is -3.82. The molecule has 50 valence electrons. The minimum Gasteiger partial charge on any atom is -0.750 e. The Hall–Kier alpha value is 1.67. The van der Waals surface area contributed by atoms with Crippen LogP contribution in [0.2, 0.25) is 0 Å². The number of hydrogen-bond donors (Lipinski definition) is 1. The molecule has 0 aromatic heterocycles. The van der Waals surface area contributed by atoms with Crippen LogP contribution >= 0.6 is 0 Å². The normalized spacial score (nSPS) is 12.2. The Morgan fingerprint density at radius 1 is 1.67 bits per heavy atom. The number of hydrogen-bond acceptors (Lipinski definition) is 4. The van der Waals surface area contributed by atoms with Gasteiger partial charge in [0.2, 0.25) is 0 Å². The topological polar surface area (TPSA) is 69.6 Å². The molecular formula is C3H7KO4S. The average Bonchev–Trinajstić information content (AvgIpc) is 1.66. The van der Waals surface area contributed by atoms with E-state index in [0.29, 0.717) is 6.42 Å². The van der Waals surface area contributed by atoms with E-state index >= 15 is 0 Å². The molecule has 0 amide bonds. The monoisotopic (exact) mass is 178 g/mol. The first kappa shape index (κ1) is 13.3. The third kappa shape index (κ3) is 12.8. The van der Waals surface area contributed by atoms with E-state index in [0.717, 1.165) is 0 Å². The predicted molar refractivity (Wildman–Crippen MR) is 26.6 cm³/mol. The van der Waals surface area contributed by atoms with Crippen LogP contribution in [0, 0.1) is 0 Å². The molecule has 0 aliphatic carbocycles. The summed E-state index contributed by atoms with van der Waals surface area (Å²) in [4.78, 5) is 0. The molecule has 0 bridgehead atoms. The van der Waals surface area contributed by atoms with Crippen molar-refractivity contribution in [3.05, 3.63) is 0 Å². The molecule has 1 N–H and O–H groups in total. The second kappa shape index (κ2) is 9.67. The number of aliphatic hydroxyl groups is 1. The zero-order chi connectivity index (χ0) is 6.41. The van der Waals surface area contributed by atoms with Crippen molar-refractivity contribution in [1.29, 1.82) is 0 Å². The SMILES string of the molecule is O=S([O-])OCCCO.[K+]. The molecule has 0 heterocycles. The van der Waals surface area contributed by atoms with Gasteiger partial charge in [-0.05, 0) is 6.42 Å². The van der Waals surface area contributed by atoms with Crippen LogP contribution in [0.5, 0.6) is 0 Å². The molecule has 0 saturated heterocycles. The standard InChI is InChI=1S/C3H8O4S.K/c4-2-1-3-7-8(5)6;/h4H,1-3H2,(H,5,6);/q;+1/p-1. The molecule has 0 fully saturated rings. The van der Waals surface area contributed by atoms with Crippen LogP contribution in [0.3, 0.4) is 0 Å². The van der Waals surface area contributed by atoms with Crippen LogP contribution in [0.25, 0.3) is 0 Å². The second-order valence-corrected chi connectivity index (χ2v) is 1.75. The molecule has 1 atom stereocenters. The van der Waals surface area contributed by atoms with Gasteiger partial charge in [-0.25, -0.2) is 4.21 Å². The van der Waals surface area contributed by atoms with E-state index in [4.69, 9.17) is 5.11 Å². The molecule has 0 radical (unpaired) electrons. The molecule has 9 heavy (non-hydrogen) atoms. The van der Waals surface area contributed by atoms with Gasteiger partial charge in [-0.15, -0.1) is 0 Å². The van der Waals surface area contributed by atoms with Crippen molar-refractivity contribution in [1.82, 2.24) is 0 Å². The minimum atomic E-state index is -2.43. The fraction of sp³-hybridized carbons (Fsp3) is 1.00. The summed E-state index contributed by atoms with van der Waals surface area (Å²) >= 11 is -2.43. The van der Waals surface area contributed by atoms with Gasteiger partial charge in [-0.2, -0.15) is 0 Å². The Kier molecular flexibility index (Phi) is 14.3. The summed E-state index contributed by atoms with van der Waals surface area (Å²) < 4.78 is 23.2. The van der Waals surface area contributed by atoms with E-state index < -0.39 is 11.4 Å². The van der Waals surface area contributed by atoms with Gasteiger partial charge in [0.25, 0.3) is 0 Å². The van der Waals surface area contributed by atoms with Crippen LogP contribution in [0.15, 0.2) is 0 Å². The summed E-state index contributed by atoms with van der Waals surface area (Å²) in [7, 11) is 0. The Morgan fingerprint density at radius 2 is 2.22 bits per heavy atom. The minimum absolute atomic E-state index is 0. The smallest absolute Gasteiger partial charge is 0.750 e. The van der Waals surface area contributed by atoms with E-state index in [1.807, 2.05) is 0 Å². The van der Waals surface area contributed by atoms with Crippen LogP contribution in [0.4, 0.5) is 0 Å². The van der Waals surface area contributed by atoms with Crippen molar-refractivity contribution in [2.75, 3.05) is 13.2 Å². The summed E-state index contributed by atoms with van der Waals surface area (Å²) in [5.41, 5.74) is 0. The number of rotatable bonds is 4. The molecule has 0 rings (SSSR count). The first-order valence-electron chi connectivity index (χ1n) is 2.10. The largest absolute Gasteiger partial charge is 1.00 e. The molecular weight excluding hydrogens is 171 g/mol. The van der Waals surface area contributed by atoms with Gasteiger partial charge in [0.15, 0.2) is 0 Å². The van der Waals surface area contributed by atoms with E-state index in [-0.39, 0.29) is 64.6 Å². The summed E-state index contributed by atoms with van der Waals surface area (Å²) in [5.74, 6) is 0. The maximum Gasteiger partial charge on any atom is 1.00 e. The fourth-order valence-electron chi connectivity index (χ4n) is 0.192. The van der Waals surface area contributed by atoms with Crippen LogP contribution in [-0.4, -0.2) is 27.1 Å². The number of aliphatic hydroxyl groups excluding tert-OH is 1. The maximum atomic E-state index is 9.57. The molecule has 0 aliphatic rings. The van der Waals surface area contributed by atoms with Gasteiger partial charge >= 0.3 is 51.4 Å². The zero-order valence-corrected chi connectivity index (χ0v) is 9.14. The molecule has 0 saturated carbocycles. The van der Waals surface area contributed by atoms with Gasteiger partial charge in [-0.1, -0.05) is 0 Å². The van der Waals surface area contributed by atoms with E-state index in [2.05, 4.69) is 4.18 Å². The Bertz CT molecular complexity index is 78.2. The Balaban J connectivity index is 0. The van der Waals surface area contributed by atoms with E-state index in [9.17, 15) is 8.76 Å². The first-order valence-corrected chi connectivity index (χ1v) is 3.10. The Morgan fingerprint density at radius 3 is 2.56 bits per heavy atom. The first-order chi connectivity index (χ1) is 3.77. The summed E-state index contributed by atoms with van der Waals surface area (Å²) in [6.45, 7) is 0.0177. The van der Waals surface area contributed by atoms with Gasteiger partial charge < -0.3 is 13.8 Å². The molecule has 0 spiro atoms. The maximum absolute atomic E-state index is 9.57. The van der Waals surface area contributed by atoms with Crippen molar-refractivity contribution < 1.29 is 69.4 Å². The van der Waals surface area contributed by atoms with Gasteiger partial charge in [-0.3, -0.25) is 0 Å². The summed E-state index contributed by atoms with van der Waals surface area (Å²) in [5, 5.41) is 8.10. The molecule has 0 aliphatic heterocycles. The van der Waals surface area contributed by atoms with E-state index in [1.54, 1.807) is 0 Å². The fourth-order valence-corrected chi connectivity index (χ4v) is 0.445. The molecule has 6 heteroatoms. The van der Waals surface area contributed by atoms with Crippen molar-refractivity contribution in [3.8, 4) is 0 Å². The third-order valence-corrected chi connectivity index (χ3v) is 0.841.